The van der Waals surface area contributed by atoms with Crippen molar-refractivity contribution in [2.45, 2.75) is 13.0 Å². The fraction of sp³-hybridized carbons (Fsp3) is 0.385. The van der Waals surface area contributed by atoms with Crippen LogP contribution in [-0.4, -0.2) is 36.0 Å². The van der Waals surface area contributed by atoms with Gasteiger partial charge in [0.2, 0.25) is 5.91 Å². The summed E-state index contributed by atoms with van der Waals surface area (Å²) in [5.41, 5.74) is 1.04. The summed E-state index contributed by atoms with van der Waals surface area (Å²) in [6.07, 6.45) is 0. The highest BCUT2D eigenvalue weighted by molar-refractivity contribution is 7.99. The molecule has 5 nitrogen and oxygen atoms in total. The normalized spacial score (nSPS) is 18.1. The Hall–Kier alpha value is -1.53. The van der Waals surface area contributed by atoms with Crippen LogP contribution in [0.15, 0.2) is 24.3 Å². The number of amides is 2. The van der Waals surface area contributed by atoms with E-state index in [1.54, 1.807) is 36.0 Å². The van der Waals surface area contributed by atoms with Crippen LogP contribution in [0.3, 0.4) is 0 Å². The maximum Gasteiger partial charge on any atom is 0.253 e. The summed E-state index contributed by atoms with van der Waals surface area (Å²) < 4.78 is 0. The van der Waals surface area contributed by atoms with E-state index < -0.39 is 0 Å². The van der Waals surface area contributed by atoms with E-state index in [0.717, 1.165) is 11.6 Å². The van der Waals surface area contributed by atoms with Gasteiger partial charge in [0.25, 0.3) is 5.91 Å². The van der Waals surface area contributed by atoms with E-state index in [2.05, 4.69) is 16.0 Å². The summed E-state index contributed by atoms with van der Waals surface area (Å²) in [5, 5.41) is 8.65. The van der Waals surface area contributed by atoms with Gasteiger partial charge in [0.15, 0.2) is 0 Å². The Morgan fingerprint density at radius 1 is 1.42 bits per heavy atom. The van der Waals surface area contributed by atoms with Crippen LogP contribution in [0.2, 0.25) is 0 Å². The van der Waals surface area contributed by atoms with Crippen LogP contribution >= 0.6 is 11.8 Å². The maximum absolute atomic E-state index is 12.0. The summed E-state index contributed by atoms with van der Waals surface area (Å²) in [6.45, 7) is 2.42. The van der Waals surface area contributed by atoms with E-state index in [1.807, 2.05) is 6.92 Å². The second-order valence-electron chi connectivity index (χ2n) is 4.17. The van der Waals surface area contributed by atoms with E-state index in [9.17, 15) is 9.59 Å². The van der Waals surface area contributed by atoms with Crippen LogP contribution in [0.25, 0.3) is 0 Å². The molecule has 0 spiro atoms. The van der Waals surface area contributed by atoms with Crippen LogP contribution in [-0.2, 0) is 4.79 Å². The molecule has 1 aliphatic rings. The van der Waals surface area contributed by atoms with Crippen molar-refractivity contribution in [2.75, 3.05) is 23.5 Å². The number of thioether (sulfide) groups is 1. The van der Waals surface area contributed by atoms with Crippen LogP contribution in [0.4, 0.5) is 5.69 Å². The highest BCUT2D eigenvalue weighted by atomic mass is 32.2. The van der Waals surface area contributed by atoms with E-state index in [4.69, 9.17) is 0 Å². The lowest BCUT2D eigenvalue weighted by atomic mass is 10.1. The van der Waals surface area contributed by atoms with Crippen molar-refractivity contribution in [3.63, 3.8) is 0 Å². The molecule has 0 radical (unpaired) electrons. The number of carbonyl (C=O) groups is 2. The van der Waals surface area contributed by atoms with Crippen molar-refractivity contribution >= 4 is 29.3 Å². The predicted molar refractivity (Wildman–Crippen MR) is 77.3 cm³/mol. The Labute approximate surface area is 116 Å². The zero-order valence-electron chi connectivity index (χ0n) is 10.7. The number of anilines is 1. The largest absolute Gasteiger partial charge is 0.352 e. The van der Waals surface area contributed by atoms with Crippen LogP contribution in [0, 0.1) is 0 Å². The molecule has 6 heteroatoms. The molecule has 3 N–H and O–H groups in total. The number of hydrogen-bond donors (Lipinski definition) is 3. The first kappa shape index (κ1) is 13.9. The number of nitrogens with one attached hydrogen (secondary N) is 3. The van der Waals surface area contributed by atoms with Crippen molar-refractivity contribution in [3.8, 4) is 0 Å². The van der Waals surface area contributed by atoms with Crippen molar-refractivity contribution in [3.05, 3.63) is 29.8 Å². The minimum Gasteiger partial charge on any atom is -0.352 e. The third-order valence-electron chi connectivity index (χ3n) is 2.80. The molecule has 0 aromatic heterocycles. The van der Waals surface area contributed by atoms with Gasteiger partial charge >= 0.3 is 0 Å². The number of carbonyl (C=O) groups excluding carboxylic acids is 2. The van der Waals surface area contributed by atoms with E-state index >= 15 is 0 Å². The Balaban J connectivity index is 2.11. The number of rotatable bonds is 4. The quantitative estimate of drug-likeness (QED) is 0.770. The highest BCUT2D eigenvalue weighted by Gasteiger charge is 2.23. The third kappa shape index (κ3) is 3.48. The van der Waals surface area contributed by atoms with E-state index in [1.165, 1.54) is 0 Å². The Morgan fingerprint density at radius 2 is 2.21 bits per heavy atom. The first-order valence-corrected chi connectivity index (χ1v) is 7.37. The Bertz CT molecular complexity index is 473. The summed E-state index contributed by atoms with van der Waals surface area (Å²) in [7, 11) is 0. The Morgan fingerprint density at radius 3 is 2.89 bits per heavy atom. The van der Waals surface area contributed by atoms with E-state index in [0.29, 0.717) is 17.8 Å². The highest BCUT2D eigenvalue weighted by Crippen LogP contribution is 2.17. The average molecular weight is 279 g/mol. The van der Waals surface area contributed by atoms with Crippen molar-refractivity contribution in [1.29, 1.82) is 0 Å². The fourth-order valence-corrected chi connectivity index (χ4v) is 2.77. The molecule has 0 saturated carbocycles. The summed E-state index contributed by atoms with van der Waals surface area (Å²) in [4.78, 5) is 23.9. The molecule has 19 heavy (non-hydrogen) atoms. The molecule has 102 valence electrons. The molecule has 1 aliphatic heterocycles. The second-order valence-corrected chi connectivity index (χ2v) is 5.20. The third-order valence-corrected chi connectivity index (χ3v) is 3.74. The lowest BCUT2D eigenvalue weighted by molar-refractivity contribution is -0.117. The summed E-state index contributed by atoms with van der Waals surface area (Å²) in [6, 6.07) is 6.84. The molecule has 0 bridgehead atoms. The monoisotopic (exact) mass is 279 g/mol. The van der Waals surface area contributed by atoms with E-state index in [-0.39, 0.29) is 17.9 Å². The van der Waals surface area contributed by atoms with Crippen LogP contribution in [0.1, 0.15) is 17.3 Å². The first-order chi connectivity index (χ1) is 9.22. The number of benzene rings is 1. The molecule has 1 unspecified atom stereocenters. The van der Waals surface area contributed by atoms with Crippen LogP contribution in [0.5, 0.6) is 0 Å². The first-order valence-electron chi connectivity index (χ1n) is 6.21. The molecular weight excluding hydrogens is 262 g/mol. The zero-order chi connectivity index (χ0) is 13.7. The molecule has 1 atom stereocenters. The lowest BCUT2D eigenvalue weighted by Crippen LogP contribution is -2.38. The smallest absolute Gasteiger partial charge is 0.253 e. The van der Waals surface area contributed by atoms with Gasteiger partial charge in [0.05, 0.1) is 17.3 Å². The minimum absolute atomic E-state index is 0.0956. The maximum atomic E-state index is 12.0. The van der Waals surface area contributed by atoms with Crippen molar-refractivity contribution in [1.82, 2.24) is 10.6 Å². The standard InChI is InChI=1S/C13H17N3O2S/c1-2-14-12(17)9-5-3-4-6-10(9)16-13(18)11-7-19-8-15-11/h3-6,11,15H,2,7-8H2,1H3,(H,14,17)(H,16,18). The average Bonchev–Trinajstić information content (AvgIpc) is 2.93. The van der Waals surface area contributed by atoms with Gasteiger partial charge in [0.1, 0.15) is 0 Å². The topological polar surface area (TPSA) is 70.2 Å². The van der Waals surface area contributed by atoms with Crippen molar-refractivity contribution < 1.29 is 9.59 Å². The molecule has 1 aromatic carbocycles. The molecule has 0 aliphatic carbocycles. The molecule has 1 aromatic rings. The lowest BCUT2D eigenvalue weighted by Gasteiger charge is -2.13. The SMILES string of the molecule is CCNC(=O)c1ccccc1NC(=O)C1CSCN1. The van der Waals surface area contributed by atoms with Gasteiger partial charge in [-0.1, -0.05) is 12.1 Å². The number of para-hydroxylation sites is 1. The predicted octanol–water partition coefficient (Wildman–Crippen LogP) is 1.04. The molecular formula is C13H17N3O2S. The number of hydrogen-bond acceptors (Lipinski definition) is 4. The zero-order valence-corrected chi connectivity index (χ0v) is 11.5. The molecule has 1 saturated heterocycles. The Kier molecular flexibility index (Phi) is 4.81. The van der Waals surface area contributed by atoms with Gasteiger partial charge in [0, 0.05) is 18.2 Å². The molecule has 2 amide bonds. The van der Waals surface area contributed by atoms with Gasteiger partial charge in [-0.25, -0.2) is 0 Å². The van der Waals surface area contributed by atoms with Crippen LogP contribution < -0.4 is 16.0 Å². The molecule has 1 heterocycles. The van der Waals surface area contributed by atoms with Gasteiger partial charge < -0.3 is 10.6 Å². The molecule has 2 rings (SSSR count). The summed E-state index contributed by atoms with van der Waals surface area (Å²) in [5.74, 6) is 1.28. The second kappa shape index (κ2) is 6.58. The molecule has 1 fully saturated rings. The van der Waals surface area contributed by atoms with Gasteiger partial charge in [-0.15, -0.1) is 11.8 Å². The summed E-state index contributed by atoms with van der Waals surface area (Å²) >= 11 is 1.69. The van der Waals surface area contributed by atoms with Gasteiger partial charge in [-0.05, 0) is 19.1 Å². The fourth-order valence-electron chi connectivity index (χ4n) is 1.83. The van der Waals surface area contributed by atoms with Crippen molar-refractivity contribution in [2.24, 2.45) is 0 Å². The van der Waals surface area contributed by atoms with Gasteiger partial charge in [-0.3, -0.25) is 14.9 Å². The minimum atomic E-state index is -0.188. The van der Waals surface area contributed by atoms with Gasteiger partial charge in [-0.2, -0.15) is 0 Å².